The minimum absolute atomic E-state index is 0.143. The van der Waals surface area contributed by atoms with Gasteiger partial charge in [-0.25, -0.2) is 0 Å². The highest BCUT2D eigenvalue weighted by Crippen LogP contribution is 2.32. The lowest BCUT2D eigenvalue weighted by Crippen LogP contribution is -2.15. The van der Waals surface area contributed by atoms with Gasteiger partial charge in [0.15, 0.2) is 0 Å². The predicted molar refractivity (Wildman–Crippen MR) is 54.4 cm³/mol. The van der Waals surface area contributed by atoms with Crippen LogP contribution in [0.3, 0.4) is 0 Å². The maximum atomic E-state index is 11.4. The summed E-state index contributed by atoms with van der Waals surface area (Å²) in [5.74, 6) is -0.310. The normalized spacial score (nSPS) is 18.6. The van der Waals surface area contributed by atoms with Crippen LogP contribution >= 0.6 is 0 Å². The molecule has 14 heavy (non-hydrogen) atoms. The van der Waals surface area contributed by atoms with Crippen molar-refractivity contribution >= 4 is 11.7 Å². The summed E-state index contributed by atoms with van der Waals surface area (Å²) < 4.78 is 4.74. The van der Waals surface area contributed by atoms with E-state index in [1.165, 1.54) is 12.7 Å². The number of rotatable bonds is 1. The van der Waals surface area contributed by atoms with Gasteiger partial charge in [0.05, 0.1) is 7.11 Å². The molecule has 0 radical (unpaired) electrons. The van der Waals surface area contributed by atoms with Crippen LogP contribution in [0.1, 0.15) is 17.0 Å². The number of aryl methyl sites for hydroxylation is 1. The Hall–Kier alpha value is -1.51. The average molecular weight is 191 g/mol. The molecule has 1 aromatic carbocycles. The molecule has 1 aliphatic rings. The molecule has 0 fully saturated rings. The molecule has 0 saturated carbocycles. The van der Waals surface area contributed by atoms with Crippen molar-refractivity contribution in [3.8, 4) is 0 Å². The van der Waals surface area contributed by atoms with E-state index in [-0.39, 0.29) is 11.9 Å². The van der Waals surface area contributed by atoms with Crippen LogP contribution in [0.25, 0.3) is 0 Å². The van der Waals surface area contributed by atoms with Crippen LogP contribution in [0.2, 0.25) is 0 Å². The molecule has 1 aliphatic heterocycles. The third-order valence-corrected chi connectivity index (χ3v) is 2.57. The highest BCUT2D eigenvalue weighted by Gasteiger charge is 2.28. The minimum atomic E-state index is -0.167. The highest BCUT2D eigenvalue weighted by molar-refractivity contribution is 5.83. The van der Waals surface area contributed by atoms with E-state index in [2.05, 4.69) is 11.4 Å². The molecule has 0 aromatic heterocycles. The molecular formula is C11H13NO2. The van der Waals surface area contributed by atoms with Gasteiger partial charge in [-0.2, -0.15) is 0 Å². The Morgan fingerprint density at radius 2 is 2.36 bits per heavy atom. The standard InChI is InChI=1S/C11H13NO2/c1-7-3-4-8-9(11(13)14-2)6-12-10(8)5-7/h3-5,9,12H,6H2,1-2H3. The van der Waals surface area contributed by atoms with Gasteiger partial charge in [0.25, 0.3) is 0 Å². The first-order valence-electron chi connectivity index (χ1n) is 4.64. The molecule has 1 aromatic rings. The maximum Gasteiger partial charge on any atom is 0.315 e. The Balaban J connectivity index is 2.35. The molecule has 3 heteroatoms. The fourth-order valence-electron chi connectivity index (χ4n) is 1.80. The molecule has 74 valence electrons. The van der Waals surface area contributed by atoms with E-state index in [9.17, 15) is 4.79 Å². The zero-order valence-electron chi connectivity index (χ0n) is 8.33. The summed E-state index contributed by atoms with van der Waals surface area (Å²) >= 11 is 0. The van der Waals surface area contributed by atoms with Crippen LogP contribution < -0.4 is 5.32 Å². The first-order chi connectivity index (χ1) is 6.72. The third kappa shape index (κ3) is 1.35. The molecule has 0 amide bonds. The van der Waals surface area contributed by atoms with Gasteiger partial charge in [0.2, 0.25) is 0 Å². The number of ether oxygens (including phenoxy) is 1. The second-order valence-corrected chi connectivity index (χ2v) is 3.55. The number of carbonyl (C=O) groups excluding carboxylic acids is 1. The van der Waals surface area contributed by atoms with Crippen molar-refractivity contribution < 1.29 is 9.53 Å². The number of esters is 1. The summed E-state index contributed by atoms with van der Waals surface area (Å²) in [5.41, 5.74) is 3.30. The van der Waals surface area contributed by atoms with E-state index in [1.807, 2.05) is 19.1 Å². The molecule has 1 unspecified atom stereocenters. The van der Waals surface area contributed by atoms with Gasteiger partial charge >= 0.3 is 5.97 Å². The topological polar surface area (TPSA) is 38.3 Å². The van der Waals surface area contributed by atoms with Crippen molar-refractivity contribution in [3.63, 3.8) is 0 Å². The molecule has 0 spiro atoms. The van der Waals surface area contributed by atoms with Gasteiger partial charge in [-0.1, -0.05) is 12.1 Å². The summed E-state index contributed by atoms with van der Waals surface area (Å²) in [6, 6.07) is 6.06. The molecule has 3 nitrogen and oxygen atoms in total. The summed E-state index contributed by atoms with van der Waals surface area (Å²) in [6.45, 7) is 2.68. The number of hydrogen-bond acceptors (Lipinski definition) is 3. The Morgan fingerprint density at radius 1 is 1.57 bits per heavy atom. The number of methoxy groups -OCH3 is 1. The fraction of sp³-hybridized carbons (Fsp3) is 0.364. The Kier molecular flexibility index (Phi) is 2.15. The third-order valence-electron chi connectivity index (χ3n) is 2.57. The van der Waals surface area contributed by atoms with Crippen LogP contribution in [0.4, 0.5) is 5.69 Å². The molecule has 1 atom stereocenters. The summed E-state index contributed by atoms with van der Waals surface area (Å²) in [5, 5.41) is 3.21. The summed E-state index contributed by atoms with van der Waals surface area (Å²) in [4.78, 5) is 11.4. The maximum absolute atomic E-state index is 11.4. The van der Waals surface area contributed by atoms with Gasteiger partial charge in [-0.05, 0) is 24.1 Å². The molecule has 1 heterocycles. The molecule has 1 N–H and O–H groups in total. The number of nitrogens with one attached hydrogen (secondary N) is 1. The van der Waals surface area contributed by atoms with E-state index >= 15 is 0 Å². The second kappa shape index (κ2) is 3.33. The van der Waals surface area contributed by atoms with Gasteiger partial charge in [0.1, 0.15) is 5.92 Å². The number of hydrogen-bond donors (Lipinski definition) is 1. The number of carbonyl (C=O) groups is 1. The van der Waals surface area contributed by atoms with Crippen LogP contribution in [0.5, 0.6) is 0 Å². The smallest absolute Gasteiger partial charge is 0.315 e. The molecule has 0 saturated heterocycles. The number of fused-ring (bicyclic) bond motifs is 1. The zero-order valence-corrected chi connectivity index (χ0v) is 8.33. The van der Waals surface area contributed by atoms with Gasteiger partial charge in [-0.3, -0.25) is 4.79 Å². The number of anilines is 1. The highest BCUT2D eigenvalue weighted by atomic mass is 16.5. The zero-order chi connectivity index (χ0) is 10.1. The van der Waals surface area contributed by atoms with E-state index in [0.717, 1.165) is 11.3 Å². The average Bonchev–Trinajstić information content (AvgIpc) is 2.59. The van der Waals surface area contributed by atoms with Crippen LogP contribution in [0.15, 0.2) is 18.2 Å². The van der Waals surface area contributed by atoms with Gasteiger partial charge in [-0.15, -0.1) is 0 Å². The summed E-state index contributed by atoms with van der Waals surface area (Å²) in [7, 11) is 1.43. The lowest BCUT2D eigenvalue weighted by atomic mass is 10.0. The first-order valence-corrected chi connectivity index (χ1v) is 4.64. The molecular weight excluding hydrogens is 178 g/mol. The van der Waals surface area contributed by atoms with Crippen molar-refractivity contribution in [3.05, 3.63) is 29.3 Å². The monoisotopic (exact) mass is 191 g/mol. The molecule has 0 aliphatic carbocycles. The minimum Gasteiger partial charge on any atom is -0.468 e. The van der Waals surface area contributed by atoms with Crippen molar-refractivity contribution in [2.24, 2.45) is 0 Å². The number of benzene rings is 1. The molecule has 2 rings (SSSR count). The van der Waals surface area contributed by atoms with Crippen molar-refractivity contribution in [1.82, 2.24) is 0 Å². The van der Waals surface area contributed by atoms with Crippen LogP contribution in [-0.4, -0.2) is 19.6 Å². The predicted octanol–water partition coefficient (Wildman–Crippen LogP) is 1.68. The van der Waals surface area contributed by atoms with Crippen molar-refractivity contribution in [1.29, 1.82) is 0 Å². The summed E-state index contributed by atoms with van der Waals surface area (Å²) in [6.07, 6.45) is 0. The first kappa shape index (κ1) is 9.06. The lowest BCUT2D eigenvalue weighted by Gasteiger charge is -2.06. The van der Waals surface area contributed by atoms with Crippen molar-refractivity contribution in [2.45, 2.75) is 12.8 Å². The lowest BCUT2D eigenvalue weighted by molar-refractivity contribution is -0.141. The Bertz CT molecular complexity index is 374. The van der Waals surface area contributed by atoms with Crippen LogP contribution in [-0.2, 0) is 9.53 Å². The van der Waals surface area contributed by atoms with Crippen LogP contribution in [0, 0.1) is 6.92 Å². The Morgan fingerprint density at radius 3 is 3.07 bits per heavy atom. The second-order valence-electron chi connectivity index (χ2n) is 3.55. The Labute approximate surface area is 83.1 Å². The van der Waals surface area contributed by atoms with E-state index in [1.54, 1.807) is 0 Å². The van der Waals surface area contributed by atoms with E-state index in [0.29, 0.717) is 6.54 Å². The fourth-order valence-corrected chi connectivity index (χ4v) is 1.80. The quantitative estimate of drug-likeness (QED) is 0.686. The SMILES string of the molecule is COC(=O)C1CNc2cc(C)ccc21. The van der Waals surface area contributed by atoms with E-state index < -0.39 is 0 Å². The van der Waals surface area contributed by atoms with E-state index in [4.69, 9.17) is 4.74 Å². The van der Waals surface area contributed by atoms with Gasteiger partial charge in [0, 0.05) is 12.2 Å². The van der Waals surface area contributed by atoms with Gasteiger partial charge < -0.3 is 10.1 Å². The largest absolute Gasteiger partial charge is 0.468 e. The van der Waals surface area contributed by atoms with Crippen molar-refractivity contribution in [2.75, 3.05) is 19.0 Å². The molecule has 0 bridgehead atoms.